The highest BCUT2D eigenvalue weighted by Crippen LogP contribution is 2.43. The monoisotopic (exact) mass is 504 g/mol. The Hall–Kier alpha value is -3.76. The maximum absolute atomic E-state index is 12.6. The number of hydrogen-bond donors (Lipinski definition) is 1. The van der Waals surface area contributed by atoms with E-state index in [1.54, 1.807) is 42.5 Å². The molecule has 0 spiro atoms. The van der Waals surface area contributed by atoms with Crippen LogP contribution in [0.5, 0.6) is 17.2 Å². The molecule has 1 aliphatic rings. The highest BCUT2D eigenvalue weighted by Gasteiger charge is 2.31. The zero-order chi connectivity index (χ0) is 23.5. The molecule has 0 radical (unpaired) electrons. The van der Waals surface area contributed by atoms with E-state index in [1.807, 2.05) is 38.1 Å². The van der Waals surface area contributed by atoms with Gasteiger partial charge in [0, 0.05) is 16.1 Å². The molecule has 0 fully saturated rings. The Morgan fingerprint density at radius 1 is 1.09 bits per heavy atom. The van der Waals surface area contributed by atoms with Crippen molar-refractivity contribution in [3.05, 3.63) is 99.3 Å². The van der Waals surface area contributed by atoms with E-state index in [0.717, 1.165) is 15.6 Å². The number of nitriles is 1. The molecule has 0 saturated heterocycles. The number of nitrogens with zero attached hydrogens (tertiary/aromatic N) is 1. The molecule has 3 aromatic carbocycles. The number of allylic oxidation sites excluding steroid dienone is 1. The molecule has 0 amide bonds. The average molecular weight is 505 g/mol. The molecular formula is C26H21BrN2O4. The van der Waals surface area contributed by atoms with Crippen LogP contribution in [0.1, 0.15) is 41.3 Å². The maximum Gasteiger partial charge on any atom is 0.343 e. The second kappa shape index (κ2) is 9.39. The summed E-state index contributed by atoms with van der Waals surface area (Å²) in [4.78, 5) is 12.6. The molecule has 1 heterocycles. The first-order valence-electron chi connectivity index (χ1n) is 10.3. The molecule has 0 aromatic heterocycles. The third-order valence-electron chi connectivity index (χ3n) is 5.04. The number of carbonyl (C=O) groups excluding carboxylic acids is 1. The predicted molar refractivity (Wildman–Crippen MR) is 127 cm³/mol. The van der Waals surface area contributed by atoms with E-state index >= 15 is 0 Å². The minimum atomic E-state index is -0.508. The van der Waals surface area contributed by atoms with Crippen LogP contribution >= 0.6 is 15.9 Å². The van der Waals surface area contributed by atoms with E-state index in [4.69, 9.17) is 19.9 Å². The van der Waals surface area contributed by atoms with Crippen molar-refractivity contribution in [2.45, 2.75) is 25.9 Å². The van der Waals surface area contributed by atoms with Crippen molar-refractivity contribution in [2.24, 2.45) is 5.73 Å². The summed E-state index contributed by atoms with van der Waals surface area (Å²) < 4.78 is 17.7. The van der Waals surface area contributed by atoms with E-state index in [9.17, 15) is 10.1 Å². The van der Waals surface area contributed by atoms with Crippen LogP contribution in [0.25, 0.3) is 0 Å². The highest BCUT2D eigenvalue weighted by molar-refractivity contribution is 9.10. The molecular weight excluding hydrogens is 484 g/mol. The van der Waals surface area contributed by atoms with E-state index < -0.39 is 11.9 Å². The van der Waals surface area contributed by atoms with Crippen molar-refractivity contribution in [3.8, 4) is 23.3 Å². The van der Waals surface area contributed by atoms with Gasteiger partial charge in [0.1, 0.15) is 28.9 Å². The van der Waals surface area contributed by atoms with Gasteiger partial charge in [0.15, 0.2) is 0 Å². The zero-order valence-corrected chi connectivity index (χ0v) is 19.6. The smallest absolute Gasteiger partial charge is 0.343 e. The van der Waals surface area contributed by atoms with Crippen molar-refractivity contribution in [1.82, 2.24) is 0 Å². The average Bonchev–Trinajstić information content (AvgIpc) is 2.78. The number of halogens is 1. The summed E-state index contributed by atoms with van der Waals surface area (Å²) in [6, 6.07) is 21.7. The number of ether oxygens (including phenoxy) is 3. The number of benzene rings is 3. The molecule has 0 saturated carbocycles. The first-order chi connectivity index (χ1) is 15.9. The van der Waals surface area contributed by atoms with Gasteiger partial charge >= 0.3 is 5.97 Å². The summed E-state index contributed by atoms with van der Waals surface area (Å²) in [6.45, 7) is 3.87. The Labute approximate surface area is 200 Å². The van der Waals surface area contributed by atoms with Gasteiger partial charge in [0.05, 0.1) is 17.6 Å². The Kier molecular flexibility index (Phi) is 6.38. The first kappa shape index (κ1) is 22.4. The normalized spacial score (nSPS) is 14.8. The third-order valence-corrected chi connectivity index (χ3v) is 5.54. The maximum atomic E-state index is 12.6. The molecule has 0 unspecified atom stereocenters. The second-order valence-corrected chi connectivity index (χ2v) is 8.68. The molecule has 4 rings (SSSR count). The highest BCUT2D eigenvalue weighted by atomic mass is 79.9. The van der Waals surface area contributed by atoms with Gasteiger partial charge in [-0.2, -0.15) is 5.26 Å². The lowest BCUT2D eigenvalue weighted by atomic mass is 9.83. The fraction of sp³-hybridized carbons (Fsp3) is 0.154. The van der Waals surface area contributed by atoms with E-state index in [1.165, 1.54) is 0 Å². The molecule has 3 aromatic rings. The Morgan fingerprint density at radius 2 is 1.82 bits per heavy atom. The second-order valence-electron chi connectivity index (χ2n) is 7.76. The van der Waals surface area contributed by atoms with Gasteiger partial charge in [0.25, 0.3) is 0 Å². The first-order valence-corrected chi connectivity index (χ1v) is 11.1. The van der Waals surface area contributed by atoms with E-state index in [-0.39, 0.29) is 12.0 Å². The predicted octanol–water partition coefficient (Wildman–Crippen LogP) is 5.67. The molecule has 1 atom stereocenters. The largest absolute Gasteiger partial charge is 0.491 e. The molecule has 0 bridgehead atoms. The minimum Gasteiger partial charge on any atom is -0.491 e. The number of fused-ring (bicyclic) bond motifs is 1. The van der Waals surface area contributed by atoms with Gasteiger partial charge in [0.2, 0.25) is 5.88 Å². The molecule has 0 aliphatic carbocycles. The number of carbonyl (C=O) groups is 1. The molecule has 7 heteroatoms. The Bertz CT molecular complexity index is 1280. The molecule has 166 valence electrons. The summed E-state index contributed by atoms with van der Waals surface area (Å²) in [6.07, 6.45) is 0.0437. The lowest BCUT2D eigenvalue weighted by molar-refractivity contribution is 0.0734. The molecule has 1 aliphatic heterocycles. The Balaban J connectivity index is 1.61. The molecule has 33 heavy (non-hydrogen) atoms. The van der Waals surface area contributed by atoms with Gasteiger partial charge in [-0.3, -0.25) is 0 Å². The number of hydrogen-bond acceptors (Lipinski definition) is 6. The van der Waals surface area contributed by atoms with Crippen LogP contribution in [0.15, 0.2) is 82.7 Å². The van der Waals surface area contributed by atoms with Gasteiger partial charge < -0.3 is 19.9 Å². The fourth-order valence-corrected chi connectivity index (χ4v) is 4.05. The summed E-state index contributed by atoms with van der Waals surface area (Å²) in [7, 11) is 0. The third kappa shape index (κ3) is 4.86. The van der Waals surface area contributed by atoms with Crippen LogP contribution in [0.3, 0.4) is 0 Å². The van der Waals surface area contributed by atoms with Crippen molar-refractivity contribution >= 4 is 21.9 Å². The standard InChI is InChI=1S/C26H21BrN2O4/c1-15(2)31-19-8-6-16(7-9-19)26(30)32-20-10-11-21-23(13-20)33-25(29)22(14-28)24(21)17-4-3-5-18(27)12-17/h3-13,15,24H,29H2,1-2H3/t24-/m0/s1. The zero-order valence-electron chi connectivity index (χ0n) is 18.0. The van der Waals surface area contributed by atoms with Crippen LogP contribution in [0.2, 0.25) is 0 Å². The number of rotatable bonds is 5. The van der Waals surface area contributed by atoms with Gasteiger partial charge in [-0.15, -0.1) is 0 Å². The lowest BCUT2D eigenvalue weighted by Crippen LogP contribution is -2.21. The van der Waals surface area contributed by atoms with E-state index in [0.29, 0.717) is 28.4 Å². The fourth-order valence-electron chi connectivity index (χ4n) is 3.64. The summed E-state index contributed by atoms with van der Waals surface area (Å²) >= 11 is 3.48. The van der Waals surface area contributed by atoms with Crippen LogP contribution in [0, 0.1) is 11.3 Å². The number of nitrogens with two attached hydrogens (primary N) is 1. The summed E-state index contributed by atoms with van der Waals surface area (Å²) in [5.74, 6) is 0.545. The van der Waals surface area contributed by atoms with Gasteiger partial charge in [-0.05, 0) is 61.9 Å². The Morgan fingerprint density at radius 3 is 2.48 bits per heavy atom. The topological polar surface area (TPSA) is 94.6 Å². The number of esters is 1. The summed E-state index contributed by atoms with van der Waals surface area (Å²) in [5, 5.41) is 9.70. The molecule has 6 nitrogen and oxygen atoms in total. The SMILES string of the molecule is CC(C)Oc1ccc(C(=O)Oc2ccc3c(c2)OC(N)=C(C#N)[C@H]3c2cccc(Br)c2)cc1. The van der Waals surface area contributed by atoms with Crippen LogP contribution in [-0.2, 0) is 0 Å². The van der Waals surface area contributed by atoms with Crippen LogP contribution < -0.4 is 19.9 Å². The van der Waals surface area contributed by atoms with Gasteiger partial charge in [-0.1, -0.05) is 34.1 Å². The van der Waals surface area contributed by atoms with Crippen molar-refractivity contribution in [1.29, 1.82) is 5.26 Å². The van der Waals surface area contributed by atoms with Gasteiger partial charge in [-0.25, -0.2) is 4.79 Å². The van der Waals surface area contributed by atoms with Crippen molar-refractivity contribution in [2.75, 3.05) is 0 Å². The lowest BCUT2D eigenvalue weighted by Gasteiger charge is -2.26. The van der Waals surface area contributed by atoms with Crippen molar-refractivity contribution < 1.29 is 19.0 Å². The van der Waals surface area contributed by atoms with Crippen LogP contribution in [0.4, 0.5) is 0 Å². The van der Waals surface area contributed by atoms with Crippen LogP contribution in [-0.4, -0.2) is 12.1 Å². The quantitative estimate of drug-likeness (QED) is 0.355. The molecule has 2 N–H and O–H groups in total. The minimum absolute atomic E-state index is 0.0270. The van der Waals surface area contributed by atoms with E-state index in [2.05, 4.69) is 22.0 Å². The summed E-state index contributed by atoms with van der Waals surface area (Å²) in [5.41, 5.74) is 8.43. The van der Waals surface area contributed by atoms with Crippen molar-refractivity contribution in [3.63, 3.8) is 0 Å².